The first-order chi connectivity index (χ1) is 22.4. The van der Waals surface area contributed by atoms with Gasteiger partial charge in [0.2, 0.25) is 0 Å². The van der Waals surface area contributed by atoms with Crippen molar-refractivity contribution in [2.24, 2.45) is 17.8 Å². The number of cyclic esters (lactones) is 1. The zero-order chi connectivity index (χ0) is 35.8. The summed E-state index contributed by atoms with van der Waals surface area (Å²) in [5, 5.41) is 42.8. The van der Waals surface area contributed by atoms with E-state index in [1.54, 1.807) is 32.2 Å². The summed E-state index contributed by atoms with van der Waals surface area (Å²) in [5.41, 5.74) is -1.36. The van der Waals surface area contributed by atoms with E-state index in [0.717, 1.165) is 18.7 Å². The molecule has 10 unspecified atom stereocenters. The highest BCUT2D eigenvalue weighted by molar-refractivity contribution is 5.70. The van der Waals surface area contributed by atoms with Crippen molar-refractivity contribution in [2.75, 3.05) is 33.7 Å². The third-order valence-corrected chi connectivity index (χ3v) is 10.3. The smallest absolute Gasteiger partial charge is 0.410 e. The molecule has 11 heteroatoms. The van der Waals surface area contributed by atoms with Gasteiger partial charge in [-0.25, -0.2) is 4.79 Å². The summed E-state index contributed by atoms with van der Waals surface area (Å²) < 4.78 is 17.6. The Kier molecular flexibility index (Phi) is 14.7. The van der Waals surface area contributed by atoms with Crippen molar-refractivity contribution in [3.8, 4) is 0 Å². The van der Waals surface area contributed by atoms with E-state index in [4.69, 9.17) is 14.2 Å². The van der Waals surface area contributed by atoms with Crippen LogP contribution in [0.5, 0.6) is 0 Å². The Hall–Kier alpha value is -2.28. The first-order valence-corrected chi connectivity index (χ1v) is 17.7. The van der Waals surface area contributed by atoms with Gasteiger partial charge in [0.1, 0.15) is 12.2 Å². The van der Waals surface area contributed by atoms with Gasteiger partial charge in [0, 0.05) is 38.4 Å². The van der Waals surface area contributed by atoms with Crippen molar-refractivity contribution < 1.29 is 44.2 Å². The molecular formula is C37H62N2O9. The molecule has 10 atom stereocenters. The fourth-order valence-corrected chi connectivity index (χ4v) is 6.71. The zero-order valence-electron chi connectivity index (χ0n) is 30.4. The quantitative estimate of drug-likeness (QED) is 0.109. The first-order valence-electron chi connectivity index (χ1n) is 17.7. The fraction of sp³-hybridized carbons (Fsp3) is 0.784. The number of esters is 1. The van der Waals surface area contributed by atoms with Crippen molar-refractivity contribution in [1.82, 2.24) is 9.80 Å². The molecule has 3 aliphatic rings. The van der Waals surface area contributed by atoms with E-state index < -0.39 is 47.7 Å². The molecule has 0 aromatic rings. The molecule has 274 valence electrons. The molecule has 3 rings (SSSR count). The van der Waals surface area contributed by atoms with Crippen molar-refractivity contribution in [2.45, 2.75) is 134 Å². The lowest BCUT2D eigenvalue weighted by molar-refractivity contribution is -0.151. The van der Waals surface area contributed by atoms with Gasteiger partial charge in [0.05, 0.1) is 48.6 Å². The maximum absolute atomic E-state index is 13.2. The van der Waals surface area contributed by atoms with Gasteiger partial charge in [-0.1, -0.05) is 52.0 Å². The van der Waals surface area contributed by atoms with E-state index >= 15 is 0 Å². The number of nitrogens with zero attached hydrogens (tertiary/aromatic N) is 2. The average molecular weight is 679 g/mol. The molecule has 0 saturated carbocycles. The lowest BCUT2D eigenvalue weighted by atomic mass is 9.91. The third kappa shape index (κ3) is 12.2. The highest BCUT2D eigenvalue weighted by Crippen LogP contribution is 2.37. The summed E-state index contributed by atoms with van der Waals surface area (Å²) in [6, 6.07) is 0. The molecule has 2 saturated heterocycles. The lowest BCUT2D eigenvalue weighted by Crippen LogP contribution is -2.50. The Bertz CT molecular complexity index is 1150. The van der Waals surface area contributed by atoms with Crippen LogP contribution in [0, 0.1) is 17.8 Å². The Morgan fingerprint density at radius 3 is 2.56 bits per heavy atom. The normalized spacial score (nSPS) is 33.1. The second-order valence-corrected chi connectivity index (χ2v) is 15.1. The van der Waals surface area contributed by atoms with Crippen LogP contribution in [0.4, 0.5) is 4.79 Å². The van der Waals surface area contributed by atoms with E-state index in [1.165, 1.54) is 4.90 Å². The van der Waals surface area contributed by atoms with Crippen LogP contribution in [0.15, 0.2) is 36.0 Å². The average Bonchev–Trinajstić information content (AvgIpc) is 3.78. The number of aliphatic hydroxyl groups is 4. The molecule has 4 N–H and O–H groups in total. The zero-order valence-corrected chi connectivity index (χ0v) is 30.4. The molecule has 0 spiro atoms. The lowest BCUT2D eigenvalue weighted by Gasteiger charge is -2.38. The predicted octanol–water partition coefficient (Wildman–Crippen LogP) is 3.98. The molecular weight excluding hydrogens is 616 g/mol. The monoisotopic (exact) mass is 678 g/mol. The molecule has 48 heavy (non-hydrogen) atoms. The summed E-state index contributed by atoms with van der Waals surface area (Å²) in [7, 11) is 3.65. The second-order valence-electron chi connectivity index (χ2n) is 15.1. The van der Waals surface area contributed by atoms with Gasteiger partial charge in [-0.3, -0.25) is 4.79 Å². The molecule has 0 aliphatic carbocycles. The van der Waals surface area contributed by atoms with Gasteiger partial charge in [-0.15, -0.1) is 0 Å². The Balaban J connectivity index is 1.70. The van der Waals surface area contributed by atoms with Crippen LogP contribution < -0.4 is 0 Å². The van der Waals surface area contributed by atoms with Crippen molar-refractivity contribution in [3.05, 3.63) is 36.0 Å². The topological polar surface area (TPSA) is 153 Å². The minimum Gasteiger partial charge on any atom is -0.457 e. The number of likely N-dealkylation sites (N-methyl/N-ethyl adjacent to an activating group) is 1. The number of amides is 1. The number of likely N-dealkylation sites (tertiary alicyclic amines) is 1. The highest BCUT2D eigenvalue weighted by Gasteiger charge is 2.47. The standard InChI is InChI=1S/C37H62N2O9/c1-9-29(41)27(5)34-31(46-34)22-36(6,44)16-10-11-25(3)33-26(4)13-15-30(24(2)12-14-28(40)21-32(42)48-33)47-35(43)39(8)23-37(45)17-19-38(7)20-18-37/h10-11,13,15-16,24,26-31,33-34,40-41,44-45H,9,12,14,17-23H2,1-8H3. The number of carbonyl (C=O) groups excluding carboxylic acids is 2. The third-order valence-electron chi connectivity index (χ3n) is 10.3. The number of aliphatic hydroxyl groups excluding tert-OH is 2. The molecule has 2 fully saturated rings. The minimum atomic E-state index is -1.14. The first kappa shape index (κ1) is 40.2. The van der Waals surface area contributed by atoms with Crippen LogP contribution in [-0.4, -0.2) is 124 Å². The van der Waals surface area contributed by atoms with Crippen LogP contribution in [0.2, 0.25) is 0 Å². The van der Waals surface area contributed by atoms with Gasteiger partial charge in [0.25, 0.3) is 0 Å². The van der Waals surface area contributed by atoms with Gasteiger partial charge < -0.3 is 44.4 Å². The number of piperidine rings is 1. The van der Waals surface area contributed by atoms with Crippen LogP contribution in [0.1, 0.15) is 86.5 Å². The van der Waals surface area contributed by atoms with E-state index in [-0.39, 0.29) is 42.9 Å². The maximum Gasteiger partial charge on any atom is 0.410 e. The molecule has 3 heterocycles. The maximum atomic E-state index is 13.2. The van der Waals surface area contributed by atoms with Crippen LogP contribution in [0.3, 0.4) is 0 Å². The van der Waals surface area contributed by atoms with Gasteiger partial charge >= 0.3 is 12.1 Å². The molecule has 1 amide bonds. The Morgan fingerprint density at radius 2 is 1.92 bits per heavy atom. The molecule has 0 bridgehead atoms. The van der Waals surface area contributed by atoms with Gasteiger partial charge in [-0.2, -0.15) is 0 Å². The van der Waals surface area contributed by atoms with Crippen LogP contribution >= 0.6 is 0 Å². The number of allylic oxidation sites excluding steroid dienone is 2. The number of hydrogen-bond acceptors (Lipinski definition) is 10. The Labute approximate surface area is 287 Å². The van der Waals surface area contributed by atoms with Gasteiger partial charge in [-0.05, 0) is 70.6 Å². The number of rotatable bonds is 11. The van der Waals surface area contributed by atoms with E-state index in [1.807, 2.05) is 53.8 Å². The highest BCUT2D eigenvalue weighted by atomic mass is 16.6. The minimum absolute atomic E-state index is 0.00509. The molecule has 0 radical (unpaired) electrons. The number of ether oxygens (including phenoxy) is 3. The van der Waals surface area contributed by atoms with Crippen molar-refractivity contribution in [1.29, 1.82) is 0 Å². The summed E-state index contributed by atoms with van der Waals surface area (Å²) in [5.74, 6) is -0.935. The number of epoxide rings is 1. The van der Waals surface area contributed by atoms with E-state index in [2.05, 4.69) is 4.90 Å². The Morgan fingerprint density at radius 1 is 1.25 bits per heavy atom. The largest absolute Gasteiger partial charge is 0.457 e. The molecule has 0 aromatic carbocycles. The summed E-state index contributed by atoms with van der Waals surface area (Å²) >= 11 is 0. The summed E-state index contributed by atoms with van der Waals surface area (Å²) in [4.78, 5) is 29.6. The second kappa shape index (κ2) is 17.6. The van der Waals surface area contributed by atoms with E-state index in [0.29, 0.717) is 38.5 Å². The van der Waals surface area contributed by atoms with Crippen molar-refractivity contribution >= 4 is 12.1 Å². The van der Waals surface area contributed by atoms with Crippen LogP contribution in [0.25, 0.3) is 0 Å². The number of hydrogen-bond donors (Lipinski definition) is 4. The summed E-state index contributed by atoms with van der Waals surface area (Å²) in [6.45, 7) is 13.0. The van der Waals surface area contributed by atoms with E-state index in [9.17, 15) is 30.0 Å². The van der Waals surface area contributed by atoms with Crippen molar-refractivity contribution in [3.63, 3.8) is 0 Å². The van der Waals surface area contributed by atoms with Crippen LogP contribution in [-0.2, 0) is 19.0 Å². The number of carbonyl (C=O) groups is 2. The molecule has 0 aromatic heterocycles. The fourth-order valence-electron chi connectivity index (χ4n) is 6.71. The predicted molar refractivity (Wildman–Crippen MR) is 184 cm³/mol. The SMILES string of the molecule is CCC(O)C(C)C1OC1CC(C)(O)C=CC=C(C)C1OC(=O)CC(O)CCC(C)C(OC(=O)N(C)CC2(O)CCN(C)CC2)C=CC1C. The molecule has 3 aliphatic heterocycles. The molecule has 11 nitrogen and oxygen atoms in total. The van der Waals surface area contributed by atoms with Gasteiger partial charge in [0.15, 0.2) is 0 Å². The summed E-state index contributed by atoms with van der Waals surface area (Å²) in [6.07, 6.45) is 8.56.